The van der Waals surface area contributed by atoms with Crippen LogP contribution in [0.1, 0.15) is 66.2 Å². The average molecular weight is 266 g/mol. The normalized spacial score (nSPS) is 29.4. The van der Waals surface area contributed by atoms with Crippen LogP contribution in [0.25, 0.3) is 0 Å². The van der Waals surface area contributed by atoms with Gasteiger partial charge in [-0.25, -0.2) is 0 Å². The van der Waals surface area contributed by atoms with Crippen LogP contribution in [0.4, 0.5) is 0 Å². The van der Waals surface area contributed by atoms with Crippen molar-refractivity contribution in [1.82, 2.24) is 10.2 Å². The molecule has 0 radical (unpaired) electrons. The van der Waals surface area contributed by atoms with E-state index in [1.807, 2.05) is 0 Å². The number of piperazine rings is 1. The van der Waals surface area contributed by atoms with E-state index in [4.69, 9.17) is 0 Å². The Morgan fingerprint density at radius 1 is 1.26 bits per heavy atom. The van der Waals surface area contributed by atoms with Gasteiger partial charge in [-0.1, -0.05) is 33.1 Å². The van der Waals surface area contributed by atoms with Crippen LogP contribution in [0, 0.1) is 11.8 Å². The van der Waals surface area contributed by atoms with Crippen LogP contribution in [0.15, 0.2) is 0 Å². The van der Waals surface area contributed by atoms with Gasteiger partial charge >= 0.3 is 0 Å². The zero-order chi connectivity index (χ0) is 13.9. The van der Waals surface area contributed by atoms with Gasteiger partial charge in [-0.15, -0.1) is 0 Å². The van der Waals surface area contributed by atoms with Crippen LogP contribution in [-0.4, -0.2) is 36.1 Å². The van der Waals surface area contributed by atoms with Crippen LogP contribution >= 0.6 is 0 Å². The summed E-state index contributed by atoms with van der Waals surface area (Å²) in [5.41, 5.74) is 0.338. The zero-order valence-electron chi connectivity index (χ0n) is 13.5. The quantitative estimate of drug-likeness (QED) is 0.756. The summed E-state index contributed by atoms with van der Waals surface area (Å²) in [5, 5.41) is 3.79. The van der Waals surface area contributed by atoms with Crippen molar-refractivity contribution in [2.75, 3.05) is 19.6 Å². The molecule has 2 heteroatoms. The Kier molecular flexibility index (Phi) is 5.30. The van der Waals surface area contributed by atoms with E-state index in [-0.39, 0.29) is 0 Å². The van der Waals surface area contributed by atoms with Crippen molar-refractivity contribution in [3.63, 3.8) is 0 Å². The molecule has 1 N–H and O–H groups in total. The third kappa shape index (κ3) is 4.19. The Balaban J connectivity index is 1.89. The van der Waals surface area contributed by atoms with E-state index in [2.05, 4.69) is 37.9 Å². The maximum atomic E-state index is 3.79. The highest BCUT2D eigenvalue weighted by Gasteiger charge is 2.40. The second-order valence-electron chi connectivity index (χ2n) is 7.46. The first kappa shape index (κ1) is 15.3. The molecule has 1 saturated heterocycles. The van der Waals surface area contributed by atoms with Gasteiger partial charge in [0, 0.05) is 31.2 Å². The predicted octanol–water partition coefficient (Wildman–Crippen LogP) is 3.67. The highest BCUT2D eigenvalue weighted by atomic mass is 15.3. The monoisotopic (exact) mass is 266 g/mol. The minimum absolute atomic E-state index is 0.338. The lowest BCUT2D eigenvalue weighted by molar-refractivity contribution is 0.0435. The van der Waals surface area contributed by atoms with Gasteiger partial charge in [-0.3, -0.25) is 4.90 Å². The number of unbranched alkanes of at least 4 members (excludes halogenated alkanes) is 1. The summed E-state index contributed by atoms with van der Waals surface area (Å²) in [6.07, 6.45) is 8.41. The van der Waals surface area contributed by atoms with Crippen LogP contribution < -0.4 is 5.32 Å². The summed E-state index contributed by atoms with van der Waals surface area (Å²) in [4.78, 5) is 2.79. The fraction of sp³-hybridized carbons (Fsp3) is 1.00. The fourth-order valence-corrected chi connectivity index (χ4v) is 3.41. The Labute approximate surface area is 120 Å². The lowest BCUT2D eigenvalue weighted by atomic mass is 9.91. The van der Waals surface area contributed by atoms with Crippen LogP contribution in [-0.2, 0) is 0 Å². The number of hydrogen-bond donors (Lipinski definition) is 1. The molecule has 2 atom stereocenters. The van der Waals surface area contributed by atoms with E-state index >= 15 is 0 Å². The van der Waals surface area contributed by atoms with Crippen molar-refractivity contribution in [3.8, 4) is 0 Å². The molecule has 1 saturated carbocycles. The predicted molar refractivity (Wildman–Crippen MR) is 83.5 cm³/mol. The Morgan fingerprint density at radius 3 is 2.58 bits per heavy atom. The molecule has 1 aliphatic heterocycles. The molecule has 2 aliphatic rings. The first-order valence-electron chi connectivity index (χ1n) is 8.55. The fourth-order valence-electron chi connectivity index (χ4n) is 3.41. The molecule has 0 aromatic carbocycles. The molecule has 112 valence electrons. The first-order chi connectivity index (χ1) is 9.06. The second kappa shape index (κ2) is 6.58. The lowest BCUT2D eigenvalue weighted by Crippen LogP contribution is -2.63. The van der Waals surface area contributed by atoms with Gasteiger partial charge in [-0.2, -0.15) is 0 Å². The standard InChI is InChI=1S/C17H34N2/c1-5-7-8-14(6-2)11-19-12-16(15-9-10-15)18-13-17(19,3)4/h14-16,18H,5-13H2,1-4H3. The zero-order valence-corrected chi connectivity index (χ0v) is 13.5. The maximum Gasteiger partial charge on any atom is 0.0278 e. The molecule has 2 fully saturated rings. The molecule has 0 amide bonds. The summed E-state index contributed by atoms with van der Waals surface area (Å²) < 4.78 is 0. The highest BCUT2D eigenvalue weighted by Crippen LogP contribution is 2.36. The van der Waals surface area contributed by atoms with E-state index < -0.39 is 0 Å². The molecule has 1 heterocycles. The summed E-state index contributed by atoms with van der Waals surface area (Å²) in [7, 11) is 0. The molecular weight excluding hydrogens is 232 g/mol. The van der Waals surface area contributed by atoms with Crippen molar-refractivity contribution in [2.45, 2.75) is 77.8 Å². The topological polar surface area (TPSA) is 15.3 Å². The van der Waals surface area contributed by atoms with Crippen molar-refractivity contribution >= 4 is 0 Å². The summed E-state index contributed by atoms with van der Waals surface area (Å²) in [6.45, 7) is 13.3. The Hall–Kier alpha value is -0.0800. The molecule has 2 rings (SSSR count). The minimum atomic E-state index is 0.338. The van der Waals surface area contributed by atoms with Gasteiger partial charge in [0.05, 0.1) is 0 Å². The number of hydrogen-bond acceptors (Lipinski definition) is 2. The van der Waals surface area contributed by atoms with E-state index in [1.54, 1.807) is 0 Å². The highest BCUT2D eigenvalue weighted by molar-refractivity contribution is 4.98. The van der Waals surface area contributed by atoms with Crippen LogP contribution in [0.3, 0.4) is 0 Å². The van der Waals surface area contributed by atoms with E-state index in [9.17, 15) is 0 Å². The molecular formula is C17H34N2. The van der Waals surface area contributed by atoms with E-state index in [0.717, 1.165) is 17.9 Å². The summed E-state index contributed by atoms with van der Waals surface area (Å²) in [5.74, 6) is 1.88. The Morgan fingerprint density at radius 2 is 2.00 bits per heavy atom. The smallest absolute Gasteiger partial charge is 0.0278 e. The van der Waals surface area contributed by atoms with Gasteiger partial charge < -0.3 is 5.32 Å². The second-order valence-corrected chi connectivity index (χ2v) is 7.46. The molecule has 0 aromatic rings. The molecule has 1 aliphatic carbocycles. The van der Waals surface area contributed by atoms with Crippen LogP contribution in [0.2, 0.25) is 0 Å². The molecule has 0 aromatic heterocycles. The number of nitrogens with zero attached hydrogens (tertiary/aromatic N) is 1. The third-order valence-electron chi connectivity index (χ3n) is 5.28. The molecule has 0 bridgehead atoms. The summed E-state index contributed by atoms with van der Waals surface area (Å²) >= 11 is 0. The minimum Gasteiger partial charge on any atom is -0.311 e. The molecule has 2 nitrogen and oxygen atoms in total. The lowest BCUT2D eigenvalue weighted by Gasteiger charge is -2.47. The SMILES string of the molecule is CCCCC(CC)CN1CC(C2CC2)NCC1(C)C. The number of nitrogens with one attached hydrogen (secondary N) is 1. The van der Waals surface area contributed by atoms with Crippen molar-refractivity contribution < 1.29 is 0 Å². The third-order valence-corrected chi connectivity index (χ3v) is 5.28. The van der Waals surface area contributed by atoms with Crippen molar-refractivity contribution in [3.05, 3.63) is 0 Å². The van der Waals surface area contributed by atoms with E-state index in [1.165, 1.54) is 58.2 Å². The Bertz CT molecular complexity index is 270. The molecule has 0 spiro atoms. The van der Waals surface area contributed by atoms with Crippen molar-refractivity contribution in [2.24, 2.45) is 11.8 Å². The van der Waals surface area contributed by atoms with Gasteiger partial charge in [0.1, 0.15) is 0 Å². The van der Waals surface area contributed by atoms with Gasteiger partial charge in [0.25, 0.3) is 0 Å². The summed E-state index contributed by atoms with van der Waals surface area (Å²) in [6, 6.07) is 0.775. The number of rotatable bonds is 7. The van der Waals surface area contributed by atoms with Crippen LogP contribution in [0.5, 0.6) is 0 Å². The van der Waals surface area contributed by atoms with Gasteiger partial charge in [-0.05, 0) is 44.9 Å². The average Bonchev–Trinajstić information content (AvgIpc) is 3.20. The van der Waals surface area contributed by atoms with Gasteiger partial charge in [0.2, 0.25) is 0 Å². The molecule has 2 unspecified atom stereocenters. The van der Waals surface area contributed by atoms with Crippen molar-refractivity contribution in [1.29, 1.82) is 0 Å². The van der Waals surface area contributed by atoms with Gasteiger partial charge in [0.15, 0.2) is 0 Å². The largest absolute Gasteiger partial charge is 0.311 e. The molecule has 19 heavy (non-hydrogen) atoms. The maximum absolute atomic E-state index is 3.79. The van der Waals surface area contributed by atoms with E-state index in [0.29, 0.717) is 5.54 Å². The first-order valence-corrected chi connectivity index (χ1v) is 8.55.